The van der Waals surface area contributed by atoms with Crippen LogP contribution in [-0.2, 0) is 0 Å². The van der Waals surface area contributed by atoms with Crippen LogP contribution in [0.4, 0.5) is 5.69 Å². The molecule has 1 unspecified atom stereocenters. The fraction of sp³-hybridized carbons (Fsp3) is 0.538. The van der Waals surface area contributed by atoms with Gasteiger partial charge in [0.1, 0.15) is 0 Å². The summed E-state index contributed by atoms with van der Waals surface area (Å²) in [4.78, 5) is 4.66. The Morgan fingerprint density at radius 3 is 2.88 bits per heavy atom. The molecule has 1 heterocycles. The predicted molar refractivity (Wildman–Crippen MR) is 68.8 cm³/mol. The Hall–Kier alpha value is -1.06. The molecule has 3 nitrogen and oxygen atoms in total. The molecule has 1 aliphatic heterocycles. The Bertz CT molecular complexity index is 349. The molecule has 0 amide bonds. The Balaban J connectivity index is 2.15. The monoisotopic (exact) mass is 219 g/mol. The fourth-order valence-corrected chi connectivity index (χ4v) is 2.21. The largest absolute Gasteiger partial charge is 0.370 e. The van der Waals surface area contributed by atoms with Gasteiger partial charge < -0.3 is 15.5 Å². The van der Waals surface area contributed by atoms with Crippen LogP contribution in [0, 0.1) is 0 Å². The van der Waals surface area contributed by atoms with E-state index < -0.39 is 0 Å². The molecule has 0 fully saturated rings. The number of benzene rings is 1. The Morgan fingerprint density at radius 1 is 1.38 bits per heavy atom. The average molecular weight is 219 g/mol. The van der Waals surface area contributed by atoms with Crippen LogP contribution < -0.4 is 10.6 Å². The highest BCUT2D eigenvalue weighted by Gasteiger charge is 2.21. The molecular formula is C13H21N3. The zero-order valence-electron chi connectivity index (χ0n) is 10.2. The summed E-state index contributed by atoms with van der Waals surface area (Å²) in [6, 6.07) is 8.73. The maximum atomic E-state index is 6.13. The van der Waals surface area contributed by atoms with Gasteiger partial charge in [-0.3, -0.25) is 0 Å². The number of fused-ring (bicyclic) bond motifs is 1. The van der Waals surface area contributed by atoms with Crippen LogP contribution in [0.15, 0.2) is 24.3 Å². The number of anilines is 1. The Kier molecular flexibility index (Phi) is 3.46. The summed E-state index contributed by atoms with van der Waals surface area (Å²) in [6.45, 7) is 3.24. The molecule has 0 bridgehead atoms. The third-order valence-electron chi connectivity index (χ3n) is 3.20. The van der Waals surface area contributed by atoms with Gasteiger partial charge in [-0.2, -0.15) is 0 Å². The van der Waals surface area contributed by atoms with Gasteiger partial charge in [0, 0.05) is 31.4 Å². The van der Waals surface area contributed by atoms with Crippen molar-refractivity contribution in [3.05, 3.63) is 29.8 Å². The van der Waals surface area contributed by atoms with E-state index in [1.165, 1.54) is 11.3 Å². The first-order valence-corrected chi connectivity index (χ1v) is 5.92. The van der Waals surface area contributed by atoms with Gasteiger partial charge in [0.05, 0.1) is 0 Å². The van der Waals surface area contributed by atoms with Gasteiger partial charge in [0.2, 0.25) is 0 Å². The standard InChI is InChI=1S/C13H21N3/c1-15(2)9-10-16-8-7-12(14)11-5-3-4-6-13(11)16/h3-6,12H,7-10,14H2,1-2H3. The average Bonchev–Trinajstić information content (AvgIpc) is 2.28. The molecule has 0 spiro atoms. The summed E-state index contributed by atoms with van der Waals surface area (Å²) in [5.41, 5.74) is 8.75. The maximum absolute atomic E-state index is 6.13. The number of hydrogen-bond donors (Lipinski definition) is 1. The zero-order chi connectivity index (χ0) is 11.5. The second-order valence-electron chi connectivity index (χ2n) is 4.74. The van der Waals surface area contributed by atoms with Gasteiger partial charge in [0.25, 0.3) is 0 Å². The van der Waals surface area contributed by atoms with E-state index >= 15 is 0 Å². The number of likely N-dealkylation sites (N-methyl/N-ethyl adjacent to an activating group) is 1. The molecule has 88 valence electrons. The third-order valence-corrected chi connectivity index (χ3v) is 3.20. The van der Waals surface area contributed by atoms with E-state index in [1.54, 1.807) is 0 Å². The van der Waals surface area contributed by atoms with E-state index in [9.17, 15) is 0 Å². The first-order chi connectivity index (χ1) is 7.68. The van der Waals surface area contributed by atoms with Crippen molar-refractivity contribution in [2.45, 2.75) is 12.5 Å². The predicted octanol–water partition coefficient (Wildman–Crippen LogP) is 1.46. The summed E-state index contributed by atoms with van der Waals surface area (Å²) in [7, 11) is 4.23. The van der Waals surface area contributed by atoms with E-state index in [1.807, 2.05) is 0 Å². The lowest BCUT2D eigenvalue weighted by atomic mass is 9.97. The number of hydrogen-bond acceptors (Lipinski definition) is 3. The lowest BCUT2D eigenvalue weighted by molar-refractivity contribution is 0.409. The van der Waals surface area contributed by atoms with E-state index in [2.05, 4.69) is 48.2 Å². The molecular weight excluding hydrogens is 198 g/mol. The highest BCUT2D eigenvalue weighted by Crippen LogP contribution is 2.31. The van der Waals surface area contributed by atoms with Gasteiger partial charge in [-0.05, 0) is 32.1 Å². The second-order valence-corrected chi connectivity index (χ2v) is 4.74. The van der Waals surface area contributed by atoms with Crippen LogP contribution in [0.1, 0.15) is 18.0 Å². The summed E-state index contributed by atoms with van der Waals surface area (Å²) in [5, 5.41) is 0. The smallest absolute Gasteiger partial charge is 0.0415 e. The summed E-state index contributed by atoms with van der Waals surface area (Å²) in [6.07, 6.45) is 1.06. The minimum absolute atomic E-state index is 0.215. The number of nitrogens with zero attached hydrogens (tertiary/aromatic N) is 2. The molecule has 1 atom stereocenters. The summed E-state index contributed by atoms with van der Waals surface area (Å²) >= 11 is 0. The van der Waals surface area contributed by atoms with Crippen LogP contribution >= 0.6 is 0 Å². The quantitative estimate of drug-likeness (QED) is 0.835. The van der Waals surface area contributed by atoms with Crippen molar-refractivity contribution in [3.8, 4) is 0 Å². The molecule has 0 aromatic heterocycles. The topological polar surface area (TPSA) is 32.5 Å². The lowest BCUT2D eigenvalue weighted by Gasteiger charge is -2.35. The van der Waals surface area contributed by atoms with Crippen molar-refractivity contribution >= 4 is 5.69 Å². The molecule has 0 aliphatic carbocycles. The van der Waals surface area contributed by atoms with Gasteiger partial charge in [-0.1, -0.05) is 18.2 Å². The lowest BCUT2D eigenvalue weighted by Crippen LogP contribution is -2.37. The molecule has 0 saturated heterocycles. The number of rotatable bonds is 3. The van der Waals surface area contributed by atoms with Gasteiger partial charge in [-0.25, -0.2) is 0 Å². The van der Waals surface area contributed by atoms with E-state index in [0.717, 1.165) is 26.1 Å². The van der Waals surface area contributed by atoms with E-state index in [4.69, 9.17) is 5.73 Å². The SMILES string of the molecule is CN(C)CCN1CCC(N)c2ccccc21. The normalized spacial score (nSPS) is 20.0. The first-order valence-electron chi connectivity index (χ1n) is 5.92. The Morgan fingerprint density at radius 2 is 2.12 bits per heavy atom. The molecule has 1 aromatic carbocycles. The van der Waals surface area contributed by atoms with Gasteiger partial charge in [0.15, 0.2) is 0 Å². The van der Waals surface area contributed by atoms with Crippen LogP contribution in [0.25, 0.3) is 0 Å². The Labute approximate surface area is 97.8 Å². The van der Waals surface area contributed by atoms with Crippen molar-refractivity contribution < 1.29 is 0 Å². The number of para-hydroxylation sites is 1. The molecule has 2 N–H and O–H groups in total. The van der Waals surface area contributed by atoms with E-state index in [-0.39, 0.29) is 6.04 Å². The van der Waals surface area contributed by atoms with Gasteiger partial charge in [-0.15, -0.1) is 0 Å². The van der Waals surface area contributed by atoms with Crippen molar-refractivity contribution in [1.82, 2.24) is 4.90 Å². The van der Waals surface area contributed by atoms with Crippen molar-refractivity contribution in [1.29, 1.82) is 0 Å². The minimum atomic E-state index is 0.215. The van der Waals surface area contributed by atoms with E-state index in [0.29, 0.717) is 0 Å². The van der Waals surface area contributed by atoms with Crippen molar-refractivity contribution in [2.24, 2.45) is 5.73 Å². The van der Waals surface area contributed by atoms with Crippen LogP contribution in [0.2, 0.25) is 0 Å². The molecule has 2 rings (SSSR count). The molecule has 0 radical (unpaired) electrons. The van der Waals surface area contributed by atoms with Gasteiger partial charge >= 0.3 is 0 Å². The third kappa shape index (κ3) is 2.36. The van der Waals surface area contributed by atoms with Crippen LogP contribution in [-0.4, -0.2) is 38.6 Å². The van der Waals surface area contributed by atoms with Crippen LogP contribution in [0.3, 0.4) is 0 Å². The highest BCUT2D eigenvalue weighted by molar-refractivity contribution is 5.56. The molecule has 1 aromatic rings. The summed E-state index contributed by atoms with van der Waals surface area (Å²) in [5.74, 6) is 0. The minimum Gasteiger partial charge on any atom is -0.370 e. The fourth-order valence-electron chi connectivity index (χ4n) is 2.21. The first kappa shape index (κ1) is 11.4. The molecule has 16 heavy (non-hydrogen) atoms. The highest BCUT2D eigenvalue weighted by atomic mass is 15.2. The van der Waals surface area contributed by atoms with Crippen molar-refractivity contribution in [3.63, 3.8) is 0 Å². The molecule has 0 saturated carbocycles. The zero-order valence-corrected chi connectivity index (χ0v) is 10.2. The van der Waals surface area contributed by atoms with Crippen molar-refractivity contribution in [2.75, 3.05) is 38.6 Å². The molecule has 3 heteroatoms. The molecule has 1 aliphatic rings. The maximum Gasteiger partial charge on any atom is 0.0415 e. The second kappa shape index (κ2) is 4.85. The number of nitrogens with two attached hydrogens (primary N) is 1. The summed E-state index contributed by atoms with van der Waals surface area (Å²) < 4.78 is 0. The van der Waals surface area contributed by atoms with Crippen LogP contribution in [0.5, 0.6) is 0 Å².